The molecule has 0 aromatic heterocycles. The van der Waals surface area contributed by atoms with E-state index in [1.807, 2.05) is 14.1 Å². The fourth-order valence-electron chi connectivity index (χ4n) is 2.06. The lowest BCUT2D eigenvalue weighted by Crippen LogP contribution is -2.66. The highest BCUT2D eigenvalue weighted by Crippen LogP contribution is 2.13. The molecule has 3 nitrogen and oxygen atoms in total. The summed E-state index contributed by atoms with van der Waals surface area (Å²) in [4.78, 5) is 0. The van der Waals surface area contributed by atoms with Crippen molar-refractivity contribution < 1.29 is 4.70 Å². The van der Waals surface area contributed by atoms with Crippen LogP contribution < -0.4 is 10.9 Å². The van der Waals surface area contributed by atoms with Crippen LogP contribution in [0.15, 0.2) is 30.3 Å². The van der Waals surface area contributed by atoms with Crippen molar-refractivity contribution in [3.8, 4) is 0 Å². The Labute approximate surface area is 99.0 Å². The van der Waals surface area contributed by atoms with Crippen LogP contribution in [0.4, 0.5) is 0 Å². The van der Waals surface area contributed by atoms with E-state index < -0.39 is 0 Å². The second kappa shape index (κ2) is 5.99. The molecule has 16 heavy (non-hydrogen) atoms. The number of hydrogen-bond donors (Lipinski definition) is 2. The molecule has 0 bridgehead atoms. The molecule has 0 fully saturated rings. The van der Waals surface area contributed by atoms with Crippen molar-refractivity contribution in [2.45, 2.75) is 25.8 Å². The lowest BCUT2D eigenvalue weighted by molar-refractivity contribution is -1.01. The third-order valence-electron chi connectivity index (χ3n) is 3.44. The summed E-state index contributed by atoms with van der Waals surface area (Å²) in [7, 11) is 6.14. The van der Waals surface area contributed by atoms with Gasteiger partial charge < -0.3 is 0 Å². The molecule has 2 N–H and O–H groups in total. The summed E-state index contributed by atoms with van der Waals surface area (Å²) < 4.78 is 0.686. The van der Waals surface area contributed by atoms with Gasteiger partial charge in [-0.1, -0.05) is 37.3 Å². The summed E-state index contributed by atoms with van der Waals surface area (Å²) in [5.74, 6) is 0. The highest BCUT2D eigenvalue weighted by Gasteiger charge is 2.29. The van der Waals surface area contributed by atoms with E-state index in [9.17, 15) is 0 Å². The molecule has 0 aliphatic rings. The van der Waals surface area contributed by atoms with Gasteiger partial charge in [0.25, 0.3) is 0 Å². The molecule has 1 atom stereocenters. The van der Waals surface area contributed by atoms with Gasteiger partial charge in [-0.05, 0) is 5.56 Å². The van der Waals surface area contributed by atoms with E-state index in [4.69, 9.17) is 0 Å². The minimum absolute atomic E-state index is 0.525. The Balaban J connectivity index is 2.76. The summed E-state index contributed by atoms with van der Waals surface area (Å²) in [5.41, 5.74) is 8.04. The van der Waals surface area contributed by atoms with E-state index in [-0.39, 0.29) is 0 Å². The Hall–Kier alpha value is -0.900. The van der Waals surface area contributed by atoms with Crippen molar-refractivity contribution in [2.24, 2.45) is 0 Å². The molecule has 90 valence electrons. The number of hydrogen-bond acceptors (Lipinski definition) is 2. The molecule has 0 spiro atoms. The highest BCUT2D eigenvalue weighted by atomic mass is 15.8. The van der Waals surface area contributed by atoms with Gasteiger partial charge in [-0.15, -0.1) is 0 Å². The number of likely N-dealkylation sites (N-methyl/N-ethyl adjacent to an activating group) is 1. The topological polar surface area (TPSA) is 24.1 Å². The van der Waals surface area contributed by atoms with Gasteiger partial charge in [0, 0.05) is 26.9 Å². The van der Waals surface area contributed by atoms with Gasteiger partial charge >= 0.3 is 0 Å². The number of nitrogens with zero attached hydrogens (tertiary/aromatic N) is 1. The van der Waals surface area contributed by atoms with Gasteiger partial charge in [0.05, 0.1) is 0 Å². The molecular weight excluding hydrogens is 198 g/mol. The van der Waals surface area contributed by atoms with Crippen molar-refractivity contribution in [3.05, 3.63) is 35.9 Å². The predicted octanol–water partition coefficient (Wildman–Crippen LogP) is 1.72. The Morgan fingerprint density at radius 3 is 2.12 bits per heavy atom. The third-order valence-corrected chi connectivity index (χ3v) is 3.44. The molecule has 0 saturated heterocycles. The van der Waals surface area contributed by atoms with E-state index in [0.717, 1.165) is 12.8 Å². The van der Waals surface area contributed by atoms with Crippen LogP contribution in [0.3, 0.4) is 0 Å². The normalized spacial score (nSPS) is 13.8. The van der Waals surface area contributed by atoms with Gasteiger partial charge in [-0.3, -0.25) is 0 Å². The molecule has 3 heteroatoms. The second-order valence-corrected chi connectivity index (χ2v) is 4.27. The summed E-state index contributed by atoms with van der Waals surface area (Å²) in [6.45, 7) is 2.23. The van der Waals surface area contributed by atoms with Gasteiger partial charge in [0.2, 0.25) is 0 Å². The lowest BCUT2D eigenvalue weighted by Gasteiger charge is -2.38. The first-order valence-electron chi connectivity index (χ1n) is 5.94. The first kappa shape index (κ1) is 13.2. The van der Waals surface area contributed by atoms with Crippen LogP contribution in [-0.2, 0) is 6.42 Å². The Morgan fingerprint density at radius 2 is 1.69 bits per heavy atom. The van der Waals surface area contributed by atoms with E-state index >= 15 is 0 Å². The quantitative estimate of drug-likeness (QED) is 0.566. The predicted molar refractivity (Wildman–Crippen MR) is 68.5 cm³/mol. The first-order valence-corrected chi connectivity index (χ1v) is 5.94. The Bertz CT molecular complexity index is 293. The van der Waals surface area contributed by atoms with Crippen molar-refractivity contribution in [1.82, 2.24) is 10.9 Å². The molecule has 1 aromatic carbocycles. The maximum absolute atomic E-state index is 3.33. The smallest absolute Gasteiger partial charge is 0.128 e. The summed E-state index contributed by atoms with van der Waals surface area (Å²) in [5, 5.41) is 0. The summed E-state index contributed by atoms with van der Waals surface area (Å²) >= 11 is 0. The molecule has 1 rings (SSSR count). The van der Waals surface area contributed by atoms with Crippen molar-refractivity contribution in [2.75, 3.05) is 21.1 Å². The number of rotatable bonds is 6. The molecule has 0 amide bonds. The number of benzene rings is 1. The Morgan fingerprint density at radius 1 is 1.12 bits per heavy atom. The average molecular weight is 222 g/mol. The minimum Gasteiger partial charge on any atom is -0.171 e. The molecular formula is C13H24N3+. The van der Waals surface area contributed by atoms with Crippen molar-refractivity contribution >= 4 is 0 Å². The van der Waals surface area contributed by atoms with Gasteiger partial charge in [-0.2, -0.15) is 15.6 Å². The monoisotopic (exact) mass is 222 g/mol. The number of quaternary nitrogens is 1. The average Bonchev–Trinajstić information content (AvgIpc) is 2.36. The standard InChI is InChI=1S/C13H24N3/c1-5-13(16(4,14-2)15-3)11-12-9-7-6-8-10-12/h6-10,13-15H,5,11H2,1-4H3/q+1. The van der Waals surface area contributed by atoms with Crippen LogP contribution in [0.1, 0.15) is 18.9 Å². The Kier molecular flexibility index (Phi) is 4.93. The van der Waals surface area contributed by atoms with Crippen molar-refractivity contribution in [1.29, 1.82) is 0 Å². The fourth-order valence-corrected chi connectivity index (χ4v) is 2.06. The van der Waals surface area contributed by atoms with Crippen LogP contribution in [0.2, 0.25) is 0 Å². The van der Waals surface area contributed by atoms with Crippen LogP contribution in [-0.4, -0.2) is 31.9 Å². The van der Waals surface area contributed by atoms with E-state index in [1.54, 1.807) is 0 Å². The van der Waals surface area contributed by atoms with Crippen LogP contribution >= 0.6 is 0 Å². The van der Waals surface area contributed by atoms with Crippen LogP contribution in [0, 0.1) is 0 Å². The van der Waals surface area contributed by atoms with Gasteiger partial charge in [0.1, 0.15) is 13.1 Å². The van der Waals surface area contributed by atoms with Crippen molar-refractivity contribution in [3.63, 3.8) is 0 Å². The first-order chi connectivity index (χ1) is 7.66. The van der Waals surface area contributed by atoms with Crippen LogP contribution in [0.5, 0.6) is 0 Å². The largest absolute Gasteiger partial charge is 0.171 e. The van der Waals surface area contributed by atoms with Gasteiger partial charge in [-0.25, -0.2) is 0 Å². The lowest BCUT2D eigenvalue weighted by atomic mass is 10.0. The molecule has 0 saturated carbocycles. The highest BCUT2D eigenvalue weighted by molar-refractivity contribution is 5.15. The zero-order valence-corrected chi connectivity index (χ0v) is 10.8. The zero-order chi connectivity index (χ0) is 12.0. The van der Waals surface area contributed by atoms with Crippen LogP contribution in [0.25, 0.3) is 0 Å². The molecule has 0 aliphatic heterocycles. The SMILES string of the molecule is CCC(Cc1ccccc1)[N+](C)(NC)NC. The van der Waals surface area contributed by atoms with E-state index in [0.29, 0.717) is 10.7 Å². The second-order valence-electron chi connectivity index (χ2n) is 4.27. The van der Waals surface area contributed by atoms with E-state index in [1.165, 1.54) is 5.56 Å². The summed E-state index contributed by atoms with van der Waals surface area (Å²) in [6.07, 6.45) is 2.21. The maximum atomic E-state index is 3.33. The van der Waals surface area contributed by atoms with E-state index in [2.05, 4.69) is 55.2 Å². The summed E-state index contributed by atoms with van der Waals surface area (Å²) in [6, 6.07) is 11.2. The zero-order valence-electron chi connectivity index (χ0n) is 10.8. The molecule has 1 unspecified atom stereocenters. The fraction of sp³-hybridized carbons (Fsp3) is 0.538. The molecule has 1 aromatic rings. The third kappa shape index (κ3) is 3.04. The molecule has 0 radical (unpaired) electrons. The molecule has 0 heterocycles. The molecule has 0 aliphatic carbocycles. The number of nitrogens with one attached hydrogen (secondary N) is 2. The minimum atomic E-state index is 0.525. The van der Waals surface area contributed by atoms with Gasteiger partial charge in [0.15, 0.2) is 0 Å². The maximum Gasteiger partial charge on any atom is 0.128 e.